The van der Waals surface area contributed by atoms with Crippen LogP contribution >= 0.6 is 0 Å². The lowest BCUT2D eigenvalue weighted by atomic mass is 10.1. The third-order valence-electron chi connectivity index (χ3n) is 2.19. The molecule has 2 rings (SSSR count). The molecule has 16 heavy (non-hydrogen) atoms. The van der Waals surface area contributed by atoms with Crippen molar-refractivity contribution >= 4 is 23.3 Å². The molecule has 1 aromatic rings. The molecule has 0 saturated heterocycles. The lowest BCUT2D eigenvalue weighted by Crippen LogP contribution is -2.25. The fourth-order valence-corrected chi connectivity index (χ4v) is 1.43. The molecule has 1 amide bonds. The number of benzene rings is 1. The summed E-state index contributed by atoms with van der Waals surface area (Å²) in [7, 11) is 1.27. The van der Waals surface area contributed by atoms with Gasteiger partial charge in [-0.05, 0) is 12.1 Å². The lowest BCUT2D eigenvalue weighted by Gasteiger charge is -2.19. The third kappa shape index (κ3) is 1.65. The Labute approximate surface area is 91.3 Å². The van der Waals surface area contributed by atoms with Gasteiger partial charge >= 0.3 is 5.97 Å². The molecular formula is C10H10N2O4. The van der Waals surface area contributed by atoms with Crippen molar-refractivity contribution in [1.82, 2.24) is 0 Å². The highest BCUT2D eigenvalue weighted by Crippen LogP contribution is 2.32. The Kier molecular flexibility index (Phi) is 2.40. The van der Waals surface area contributed by atoms with Gasteiger partial charge in [0.25, 0.3) is 5.91 Å². The number of hydrogen-bond donors (Lipinski definition) is 2. The first-order chi connectivity index (χ1) is 7.61. The molecule has 1 aromatic carbocycles. The lowest BCUT2D eigenvalue weighted by molar-refractivity contribution is -0.118. The minimum atomic E-state index is -0.541. The number of nitrogens with one attached hydrogen (secondary N) is 1. The van der Waals surface area contributed by atoms with Crippen LogP contribution in [0.15, 0.2) is 12.1 Å². The number of rotatable bonds is 1. The average Bonchev–Trinajstić information content (AvgIpc) is 2.27. The molecule has 6 heteroatoms. The van der Waals surface area contributed by atoms with Gasteiger partial charge in [-0.3, -0.25) is 4.79 Å². The predicted octanol–water partition coefficient (Wildman–Crippen LogP) is 0.386. The molecule has 0 saturated carbocycles. The highest BCUT2D eigenvalue weighted by Gasteiger charge is 2.20. The summed E-state index contributed by atoms with van der Waals surface area (Å²) in [6.07, 6.45) is 0. The van der Waals surface area contributed by atoms with E-state index in [1.54, 1.807) is 0 Å². The summed E-state index contributed by atoms with van der Waals surface area (Å²) in [4.78, 5) is 22.4. The van der Waals surface area contributed by atoms with Crippen LogP contribution in [0.1, 0.15) is 10.4 Å². The van der Waals surface area contributed by atoms with Gasteiger partial charge in [0.1, 0.15) is 5.75 Å². The second-order valence-corrected chi connectivity index (χ2v) is 3.26. The topological polar surface area (TPSA) is 90.6 Å². The van der Waals surface area contributed by atoms with Gasteiger partial charge in [-0.1, -0.05) is 0 Å². The Balaban J connectivity index is 2.45. The number of esters is 1. The van der Waals surface area contributed by atoms with E-state index in [4.69, 9.17) is 10.5 Å². The smallest absolute Gasteiger partial charge is 0.340 e. The normalized spacial score (nSPS) is 13.4. The Morgan fingerprint density at radius 3 is 3.00 bits per heavy atom. The molecule has 1 aliphatic heterocycles. The van der Waals surface area contributed by atoms with E-state index in [1.807, 2.05) is 0 Å². The summed E-state index contributed by atoms with van der Waals surface area (Å²) in [5, 5.41) is 2.59. The van der Waals surface area contributed by atoms with Gasteiger partial charge in [-0.15, -0.1) is 0 Å². The molecule has 3 N–H and O–H groups in total. The van der Waals surface area contributed by atoms with Crippen molar-refractivity contribution in [3.8, 4) is 5.75 Å². The highest BCUT2D eigenvalue weighted by molar-refractivity contribution is 6.00. The number of nitrogens with two attached hydrogens (primary N) is 1. The molecule has 0 atom stereocenters. The number of ether oxygens (including phenoxy) is 2. The fraction of sp³-hybridized carbons (Fsp3) is 0.200. The first-order valence-corrected chi connectivity index (χ1v) is 4.56. The maximum Gasteiger partial charge on any atom is 0.340 e. The van der Waals surface area contributed by atoms with Crippen molar-refractivity contribution in [2.75, 3.05) is 24.8 Å². The van der Waals surface area contributed by atoms with Gasteiger partial charge in [0.2, 0.25) is 0 Å². The van der Waals surface area contributed by atoms with Crippen molar-refractivity contribution < 1.29 is 19.1 Å². The van der Waals surface area contributed by atoms with Crippen LogP contribution < -0.4 is 15.8 Å². The van der Waals surface area contributed by atoms with Gasteiger partial charge in [0.05, 0.1) is 18.4 Å². The van der Waals surface area contributed by atoms with Crippen LogP contribution in [0.5, 0.6) is 5.75 Å². The molecule has 0 aromatic heterocycles. The summed E-state index contributed by atoms with van der Waals surface area (Å²) in [5.41, 5.74) is 6.57. The second-order valence-electron chi connectivity index (χ2n) is 3.26. The van der Waals surface area contributed by atoms with Crippen molar-refractivity contribution in [2.24, 2.45) is 0 Å². The first kappa shape index (κ1) is 10.3. The summed E-state index contributed by atoms with van der Waals surface area (Å²) in [6, 6.07) is 2.93. The Morgan fingerprint density at radius 1 is 1.56 bits per heavy atom. The molecule has 6 nitrogen and oxygen atoms in total. The number of carbonyl (C=O) groups is 2. The zero-order chi connectivity index (χ0) is 11.7. The number of nitrogen functional groups attached to an aromatic ring is 1. The van der Waals surface area contributed by atoms with Crippen LogP contribution in [0.3, 0.4) is 0 Å². The van der Waals surface area contributed by atoms with Crippen molar-refractivity contribution in [3.05, 3.63) is 17.7 Å². The van der Waals surface area contributed by atoms with Crippen LogP contribution in [0.25, 0.3) is 0 Å². The van der Waals surface area contributed by atoms with Gasteiger partial charge in [0, 0.05) is 5.69 Å². The molecule has 0 fully saturated rings. The number of amides is 1. The van der Waals surface area contributed by atoms with Crippen LogP contribution in [0.2, 0.25) is 0 Å². The predicted molar refractivity (Wildman–Crippen MR) is 56.3 cm³/mol. The van der Waals surface area contributed by atoms with E-state index in [2.05, 4.69) is 10.1 Å². The quantitative estimate of drug-likeness (QED) is 0.529. The average molecular weight is 222 g/mol. The molecule has 0 unspecified atom stereocenters. The number of fused-ring (bicyclic) bond motifs is 1. The molecule has 84 valence electrons. The second kappa shape index (κ2) is 3.73. The van der Waals surface area contributed by atoms with Crippen LogP contribution in [0, 0.1) is 0 Å². The fourth-order valence-electron chi connectivity index (χ4n) is 1.43. The zero-order valence-corrected chi connectivity index (χ0v) is 8.57. The Hall–Kier alpha value is -2.24. The van der Waals surface area contributed by atoms with Crippen LogP contribution in [0.4, 0.5) is 11.4 Å². The number of carbonyl (C=O) groups excluding carboxylic acids is 2. The van der Waals surface area contributed by atoms with Crippen LogP contribution in [-0.2, 0) is 9.53 Å². The monoisotopic (exact) mass is 222 g/mol. The number of anilines is 2. The summed E-state index contributed by atoms with van der Waals surface area (Å²) in [6.45, 7) is -0.0719. The molecule has 0 spiro atoms. The zero-order valence-electron chi connectivity index (χ0n) is 8.57. The molecule has 0 aliphatic carbocycles. The summed E-state index contributed by atoms with van der Waals surface area (Å²) < 4.78 is 9.72. The highest BCUT2D eigenvalue weighted by atomic mass is 16.5. The number of methoxy groups -OCH3 is 1. The summed E-state index contributed by atoms with van der Waals surface area (Å²) >= 11 is 0. The maximum atomic E-state index is 11.3. The SMILES string of the molecule is COC(=O)c1cc2c(cc1N)NC(=O)CO2. The van der Waals surface area contributed by atoms with Gasteiger partial charge in [-0.2, -0.15) is 0 Å². The van der Waals surface area contributed by atoms with E-state index < -0.39 is 5.97 Å². The molecule has 0 bridgehead atoms. The van der Waals surface area contributed by atoms with Crippen LogP contribution in [-0.4, -0.2) is 25.6 Å². The van der Waals surface area contributed by atoms with Crippen molar-refractivity contribution in [1.29, 1.82) is 0 Å². The van der Waals surface area contributed by atoms with E-state index in [-0.39, 0.29) is 23.8 Å². The van der Waals surface area contributed by atoms with E-state index >= 15 is 0 Å². The first-order valence-electron chi connectivity index (χ1n) is 4.56. The van der Waals surface area contributed by atoms with Gasteiger partial charge in [-0.25, -0.2) is 4.79 Å². The van der Waals surface area contributed by atoms with Gasteiger partial charge < -0.3 is 20.5 Å². The van der Waals surface area contributed by atoms with Crippen molar-refractivity contribution in [3.63, 3.8) is 0 Å². The Morgan fingerprint density at radius 2 is 2.31 bits per heavy atom. The van der Waals surface area contributed by atoms with Gasteiger partial charge in [0.15, 0.2) is 6.61 Å². The molecule has 0 radical (unpaired) electrons. The molecular weight excluding hydrogens is 212 g/mol. The standard InChI is InChI=1S/C10H10N2O4/c1-15-10(14)5-2-8-7(3-6(5)11)12-9(13)4-16-8/h2-3H,4,11H2,1H3,(H,12,13). The van der Waals surface area contributed by atoms with E-state index in [0.717, 1.165) is 0 Å². The minimum Gasteiger partial charge on any atom is -0.482 e. The van der Waals surface area contributed by atoms with E-state index in [1.165, 1.54) is 19.2 Å². The van der Waals surface area contributed by atoms with E-state index in [0.29, 0.717) is 11.4 Å². The number of hydrogen-bond acceptors (Lipinski definition) is 5. The molecule has 1 aliphatic rings. The summed E-state index contributed by atoms with van der Waals surface area (Å²) in [5.74, 6) is -0.382. The molecule has 1 heterocycles. The largest absolute Gasteiger partial charge is 0.482 e. The third-order valence-corrected chi connectivity index (χ3v) is 2.19. The minimum absolute atomic E-state index is 0.0719. The van der Waals surface area contributed by atoms with Crippen molar-refractivity contribution in [2.45, 2.75) is 0 Å². The Bertz CT molecular complexity index is 470. The van der Waals surface area contributed by atoms with E-state index in [9.17, 15) is 9.59 Å². The maximum absolute atomic E-state index is 11.3.